The normalized spacial score (nSPS) is 21.9. The predicted octanol–water partition coefficient (Wildman–Crippen LogP) is 2.31. The van der Waals surface area contributed by atoms with Gasteiger partial charge in [-0.15, -0.1) is 0 Å². The van der Waals surface area contributed by atoms with Crippen LogP contribution in [0.2, 0.25) is 0 Å². The monoisotopic (exact) mass is 232 g/mol. The van der Waals surface area contributed by atoms with E-state index < -0.39 is 0 Å². The minimum absolute atomic E-state index is 0.269. The van der Waals surface area contributed by atoms with Crippen LogP contribution in [0.1, 0.15) is 38.3 Å². The molecule has 0 aromatic heterocycles. The van der Waals surface area contributed by atoms with Crippen molar-refractivity contribution in [2.24, 2.45) is 0 Å². The molecule has 1 amide bonds. The number of carbonyl (C=O) groups excluding carboxylic acids is 1. The molecule has 1 aromatic rings. The fourth-order valence-corrected chi connectivity index (χ4v) is 2.22. The van der Waals surface area contributed by atoms with Gasteiger partial charge in [0, 0.05) is 18.5 Å². The second-order valence-electron chi connectivity index (χ2n) is 4.75. The van der Waals surface area contributed by atoms with Gasteiger partial charge in [-0.2, -0.15) is 0 Å². The van der Waals surface area contributed by atoms with Crippen molar-refractivity contribution in [1.29, 1.82) is 0 Å². The highest BCUT2D eigenvalue weighted by molar-refractivity contribution is 5.78. The van der Waals surface area contributed by atoms with Crippen LogP contribution in [0, 0.1) is 0 Å². The summed E-state index contributed by atoms with van der Waals surface area (Å²) in [4.78, 5) is 13.5. The minimum atomic E-state index is 0.269. The molecule has 0 unspecified atom stereocenters. The van der Waals surface area contributed by atoms with Gasteiger partial charge in [0.15, 0.2) is 0 Å². The Kier molecular flexibility index (Phi) is 3.79. The van der Waals surface area contributed by atoms with Gasteiger partial charge in [-0.1, -0.05) is 30.3 Å². The number of hydrogen-bond donors (Lipinski definition) is 1. The van der Waals surface area contributed by atoms with Crippen LogP contribution in [-0.4, -0.2) is 23.5 Å². The lowest BCUT2D eigenvalue weighted by Crippen LogP contribution is -2.40. The van der Waals surface area contributed by atoms with E-state index in [1.165, 1.54) is 5.56 Å². The molecular formula is C14H20N2O. The van der Waals surface area contributed by atoms with Crippen molar-refractivity contribution >= 4 is 5.91 Å². The van der Waals surface area contributed by atoms with Crippen LogP contribution in [0.25, 0.3) is 0 Å². The number of carbonyl (C=O) groups is 1. The molecule has 0 aliphatic carbocycles. The molecule has 0 saturated carbocycles. The van der Waals surface area contributed by atoms with Gasteiger partial charge < -0.3 is 4.90 Å². The molecule has 1 aliphatic heterocycles. The average Bonchev–Trinajstić information content (AvgIpc) is 2.67. The van der Waals surface area contributed by atoms with Gasteiger partial charge in [0.1, 0.15) is 0 Å². The van der Waals surface area contributed by atoms with E-state index in [0.717, 1.165) is 6.42 Å². The van der Waals surface area contributed by atoms with Crippen LogP contribution < -0.4 is 5.32 Å². The topological polar surface area (TPSA) is 32.3 Å². The van der Waals surface area contributed by atoms with E-state index in [1.54, 1.807) is 0 Å². The number of rotatable bonds is 4. The lowest BCUT2D eigenvalue weighted by atomic mass is 10.1. The summed E-state index contributed by atoms with van der Waals surface area (Å²) in [6, 6.07) is 10.9. The highest BCUT2D eigenvalue weighted by atomic mass is 16.2. The van der Waals surface area contributed by atoms with E-state index in [0.29, 0.717) is 19.1 Å². The van der Waals surface area contributed by atoms with Gasteiger partial charge in [-0.3, -0.25) is 10.1 Å². The van der Waals surface area contributed by atoms with E-state index in [1.807, 2.05) is 23.1 Å². The number of benzene rings is 1. The van der Waals surface area contributed by atoms with Crippen molar-refractivity contribution in [3.05, 3.63) is 35.9 Å². The van der Waals surface area contributed by atoms with Gasteiger partial charge in [0.25, 0.3) is 0 Å². The van der Waals surface area contributed by atoms with E-state index in [2.05, 4.69) is 31.3 Å². The predicted molar refractivity (Wildman–Crippen MR) is 68.4 cm³/mol. The number of amides is 1. The van der Waals surface area contributed by atoms with Crippen LogP contribution in [0.3, 0.4) is 0 Å². The molecule has 0 spiro atoms. The van der Waals surface area contributed by atoms with Gasteiger partial charge >= 0.3 is 0 Å². The maximum atomic E-state index is 11.6. The van der Waals surface area contributed by atoms with Crippen molar-refractivity contribution in [1.82, 2.24) is 10.2 Å². The lowest BCUT2D eigenvalue weighted by molar-refractivity contribution is -0.129. The first-order chi connectivity index (χ1) is 8.18. The van der Waals surface area contributed by atoms with Gasteiger partial charge in [0.05, 0.1) is 6.67 Å². The summed E-state index contributed by atoms with van der Waals surface area (Å²) in [5, 5.41) is 3.41. The van der Waals surface area contributed by atoms with Crippen LogP contribution in [-0.2, 0) is 4.79 Å². The summed E-state index contributed by atoms with van der Waals surface area (Å²) < 4.78 is 0. The van der Waals surface area contributed by atoms with Crippen LogP contribution in [0.15, 0.2) is 30.3 Å². The van der Waals surface area contributed by atoms with Crippen LogP contribution in [0.5, 0.6) is 0 Å². The highest BCUT2D eigenvalue weighted by Gasteiger charge is 2.27. The number of nitrogens with one attached hydrogen (secondary N) is 1. The maximum Gasteiger partial charge on any atom is 0.223 e. The molecule has 0 radical (unpaired) electrons. The van der Waals surface area contributed by atoms with Crippen molar-refractivity contribution in [3.63, 3.8) is 0 Å². The zero-order chi connectivity index (χ0) is 12.3. The molecule has 17 heavy (non-hydrogen) atoms. The summed E-state index contributed by atoms with van der Waals surface area (Å²) in [5.74, 6) is 0.269. The van der Waals surface area contributed by atoms with Crippen LogP contribution in [0.4, 0.5) is 0 Å². The van der Waals surface area contributed by atoms with E-state index in [4.69, 9.17) is 0 Å². The molecule has 2 rings (SSSR count). The molecule has 1 saturated heterocycles. The summed E-state index contributed by atoms with van der Waals surface area (Å²) in [7, 11) is 0. The Labute approximate surface area is 103 Å². The maximum absolute atomic E-state index is 11.6. The third kappa shape index (κ3) is 2.86. The van der Waals surface area contributed by atoms with Crippen molar-refractivity contribution in [2.45, 2.75) is 38.8 Å². The molecule has 1 heterocycles. The fourth-order valence-electron chi connectivity index (χ4n) is 2.22. The SMILES string of the molecule is C[C@H](NCN1C(=O)CC[C@H]1C)c1ccccc1. The smallest absolute Gasteiger partial charge is 0.223 e. The number of likely N-dealkylation sites (tertiary alicyclic amines) is 1. The zero-order valence-corrected chi connectivity index (χ0v) is 10.5. The van der Waals surface area contributed by atoms with Crippen molar-refractivity contribution in [2.75, 3.05) is 6.67 Å². The third-order valence-corrected chi connectivity index (χ3v) is 3.50. The Morgan fingerprint density at radius 2 is 2.12 bits per heavy atom. The number of nitrogens with zero attached hydrogens (tertiary/aromatic N) is 1. The van der Waals surface area contributed by atoms with E-state index in [9.17, 15) is 4.79 Å². The second kappa shape index (κ2) is 5.32. The van der Waals surface area contributed by atoms with Crippen LogP contribution >= 0.6 is 0 Å². The van der Waals surface area contributed by atoms with Gasteiger partial charge in [-0.05, 0) is 25.8 Å². The minimum Gasteiger partial charge on any atom is -0.327 e. The number of hydrogen-bond acceptors (Lipinski definition) is 2. The summed E-state index contributed by atoms with van der Waals surface area (Å²) in [6.45, 7) is 4.89. The van der Waals surface area contributed by atoms with Gasteiger partial charge in [-0.25, -0.2) is 0 Å². The molecule has 2 atom stereocenters. The standard InChI is InChI=1S/C14H20N2O/c1-11-8-9-14(17)16(11)10-15-12(2)13-6-4-3-5-7-13/h3-7,11-12,15H,8-10H2,1-2H3/t11-,12+/m1/s1. The highest BCUT2D eigenvalue weighted by Crippen LogP contribution is 2.18. The van der Waals surface area contributed by atoms with Crippen molar-refractivity contribution < 1.29 is 4.79 Å². The molecule has 1 N–H and O–H groups in total. The summed E-state index contributed by atoms with van der Waals surface area (Å²) in [5.41, 5.74) is 1.26. The average molecular weight is 232 g/mol. The van der Waals surface area contributed by atoms with E-state index in [-0.39, 0.29) is 11.9 Å². The molecule has 1 fully saturated rings. The Bertz CT molecular complexity index is 377. The first-order valence-electron chi connectivity index (χ1n) is 6.26. The quantitative estimate of drug-likeness (QED) is 0.864. The lowest BCUT2D eigenvalue weighted by Gasteiger charge is -2.24. The molecule has 1 aliphatic rings. The molecule has 0 bridgehead atoms. The Morgan fingerprint density at radius 3 is 2.71 bits per heavy atom. The van der Waals surface area contributed by atoms with Crippen molar-refractivity contribution in [3.8, 4) is 0 Å². The summed E-state index contributed by atoms with van der Waals surface area (Å²) in [6.07, 6.45) is 1.68. The zero-order valence-electron chi connectivity index (χ0n) is 10.5. The fraction of sp³-hybridized carbons (Fsp3) is 0.500. The molecule has 1 aromatic carbocycles. The second-order valence-corrected chi connectivity index (χ2v) is 4.75. The Morgan fingerprint density at radius 1 is 1.41 bits per heavy atom. The first kappa shape index (κ1) is 12.1. The Hall–Kier alpha value is -1.35. The molecule has 3 heteroatoms. The summed E-state index contributed by atoms with van der Waals surface area (Å²) >= 11 is 0. The van der Waals surface area contributed by atoms with E-state index >= 15 is 0 Å². The largest absolute Gasteiger partial charge is 0.327 e. The molecular weight excluding hydrogens is 212 g/mol. The third-order valence-electron chi connectivity index (χ3n) is 3.50. The molecule has 92 valence electrons. The molecule has 3 nitrogen and oxygen atoms in total. The van der Waals surface area contributed by atoms with Gasteiger partial charge in [0.2, 0.25) is 5.91 Å². The Balaban J connectivity index is 1.88. The first-order valence-corrected chi connectivity index (χ1v) is 6.26.